The average molecular weight is 431 g/mol. The van der Waals surface area contributed by atoms with E-state index in [0.29, 0.717) is 31.5 Å². The molecule has 1 unspecified atom stereocenters. The summed E-state index contributed by atoms with van der Waals surface area (Å²) >= 11 is 0. The zero-order chi connectivity index (χ0) is 20.6. The first-order chi connectivity index (χ1) is 12.2. The fourth-order valence-electron chi connectivity index (χ4n) is 2.67. The molecule has 0 saturated carbocycles. The van der Waals surface area contributed by atoms with Crippen LogP contribution in [0.3, 0.4) is 0 Å². The highest BCUT2D eigenvalue weighted by Gasteiger charge is 2.47. The molecule has 1 fully saturated rings. The van der Waals surface area contributed by atoms with E-state index in [1.54, 1.807) is 0 Å². The van der Waals surface area contributed by atoms with Gasteiger partial charge in [0.2, 0.25) is 10.0 Å². The van der Waals surface area contributed by atoms with Gasteiger partial charge in [0.1, 0.15) is 5.69 Å². The van der Waals surface area contributed by atoms with Gasteiger partial charge in [0, 0.05) is 25.2 Å². The third-order valence-corrected chi connectivity index (χ3v) is 6.75. The fraction of sp³-hybridized carbons (Fsp3) is 0.538. The van der Waals surface area contributed by atoms with Gasteiger partial charge in [0.25, 0.3) is 15.5 Å². The van der Waals surface area contributed by atoms with Gasteiger partial charge in [-0.15, -0.1) is 0 Å². The standard InChI is InChI=1S/C13H16F3N3O6S2/c1-26(22,23)18-6-2-3-9(8-18)17-11-5-4-10(7-12(11)19(20)21)27(24,25)13(14,15)16/h4-5,7,9,17H,2-3,6,8H2,1H3. The average Bonchev–Trinajstić information content (AvgIpc) is 2.53. The van der Waals surface area contributed by atoms with Crippen LogP contribution in [0.15, 0.2) is 23.1 Å². The van der Waals surface area contributed by atoms with Crippen LogP contribution in [0.1, 0.15) is 12.8 Å². The summed E-state index contributed by atoms with van der Waals surface area (Å²) in [6, 6.07) is 1.31. The van der Waals surface area contributed by atoms with Crippen molar-refractivity contribution in [1.82, 2.24) is 4.31 Å². The van der Waals surface area contributed by atoms with Crippen molar-refractivity contribution in [1.29, 1.82) is 0 Å². The zero-order valence-corrected chi connectivity index (χ0v) is 15.6. The molecule has 1 saturated heterocycles. The van der Waals surface area contributed by atoms with Crippen LogP contribution >= 0.6 is 0 Å². The van der Waals surface area contributed by atoms with Crippen molar-refractivity contribution >= 4 is 31.2 Å². The number of nitro groups is 1. The minimum absolute atomic E-state index is 0.0264. The molecule has 1 N–H and O–H groups in total. The first-order valence-electron chi connectivity index (χ1n) is 7.55. The predicted molar refractivity (Wildman–Crippen MR) is 89.4 cm³/mol. The molecule has 1 aliphatic rings. The van der Waals surface area contributed by atoms with Gasteiger partial charge in [-0.3, -0.25) is 10.1 Å². The second-order valence-electron chi connectivity index (χ2n) is 5.99. The van der Waals surface area contributed by atoms with Gasteiger partial charge < -0.3 is 5.32 Å². The van der Waals surface area contributed by atoms with Crippen LogP contribution in [0.25, 0.3) is 0 Å². The van der Waals surface area contributed by atoms with Gasteiger partial charge in [-0.05, 0) is 25.0 Å². The molecule has 0 aromatic heterocycles. The van der Waals surface area contributed by atoms with Crippen LogP contribution in [0, 0.1) is 10.1 Å². The van der Waals surface area contributed by atoms with E-state index in [4.69, 9.17) is 0 Å². The number of anilines is 1. The van der Waals surface area contributed by atoms with E-state index in [-0.39, 0.29) is 12.2 Å². The summed E-state index contributed by atoms with van der Waals surface area (Å²) in [5.74, 6) is 0. The van der Waals surface area contributed by atoms with Crippen molar-refractivity contribution in [2.45, 2.75) is 29.3 Å². The molecule has 1 aliphatic heterocycles. The lowest BCUT2D eigenvalue weighted by Crippen LogP contribution is -2.44. The van der Waals surface area contributed by atoms with Gasteiger partial charge in [0.15, 0.2) is 0 Å². The van der Waals surface area contributed by atoms with E-state index in [1.807, 2.05) is 0 Å². The molecule has 0 aliphatic carbocycles. The van der Waals surface area contributed by atoms with E-state index in [0.717, 1.165) is 12.3 Å². The smallest absolute Gasteiger partial charge is 0.375 e. The number of rotatable bonds is 5. The van der Waals surface area contributed by atoms with Crippen molar-refractivity contribution in [3.05, 3.63) is 28.3 Å². The van der Waals surface area contributed by atoms with Crippen LogP contribution < -0.4 is 5.32 Å². The highest BCUT2D eigenvalue weighted by atomic mass is 32.2. The SMILES string of the molecule is CS(=O)(=O)N1CCCC(Nc2ccc(S(=O)(=O)C(F)(F)F)cc2[N+](=O)[O-])C1. The Morgan fingerprint density at radius 2 is 1.89 bits per heavy atom. The summed E-state index contributed by atoms with van der Waals surface area (Å²) in [5.41, 5.74) is -6.63. The number of piperidine rings is 1. The number of sulfone groups is 1. The molecule has 1 heterocycles. The Morgan fingerprint density at radius 1 is 1.26 bits per heavy atom. The topological polar surface area (TPSA) is 127 Å². The Balaban J connectivity index is 2.34. The number of sulfonamides is 1. The van der Waals surface area contributed by atoms with E-state index in [1.165, 1.54) is 4.31 Å². The number of nitrogens with zero attached hydrogens (tertiary/aromatic N) is 2. The number of nitro benzene ring substituents is 1. The molecule has 0 spiro atoms. The molecule has 1 aromatic carbocycles. The predicted octanol–water partition coefficient (Wildman–Crippen LogP) is 1.72. The Hall–Kier alpha value is -1.93. The maximum absolute atomic E-state index is 12.6. The van der Waals surface area contributed by atoms with Crippen molar-refractivity contribution < 1.29 is 34.9 Å². The largest absolute Gasteiger partial charge is 0.501 e. The summed E-state index contributed by atoms with van der Waals surface area (Å²) in [5, 5.41) is 13.9. The number of alkyl halides is 3. The van der Waals surface area contributed by atoms with Crippen molar-refractivity contribution in [2.24, 2.45) is 0 Å². The van der Waals surface area contributed by atoms with Gasteiger partial charge in [-0.2, -0.15) is 13.2 Å². The Morgan fingerprint density at radius 3 is 2.41 bits per heavy atom. The molecule has 1 atom stereocenters. The monoisotopic (exact) mass is 431 g/mol. The first kappa shape index (κ1) is 21.4. The number of nitrogens with one attached hydrogen (secondary N) is 1. The van der Waals surface area contributed by atoms with Crippen LogP contribution in [0.5, 0.6) is 0 Å². The van der Waals surface area contributed by atoms with E-state index >= 15 is 0 Å². The molecular formula is C13H16F3N3O6S2. The van der Waals surface area contributed by atoms with Gasteiger partial charge in [-0.25, -0.2) is 21.1 Å². The summed E-state index contributed by atoms with van der Waals surface area (Å²) in [7, 11) is -9.20. The maximum Gasteiger partial charge on any atom is 0.501 e. The van der Waals surface area contributed by atoms with E-state index in [2.05, 4.69) is 5.32 Å². The fourth-order valence-corrected chi connectivity index (χ4v) is 4.36. The lowest BCUT2D eigenvalue weighted by Gasteiger charge is -2.31. The molecule has 1 aromatic rings. The zero-order valence-electron chi connectivity index (χ0n) is 13.9. The Labute approximate surface area is 153 Å². The second-order valence-corrected chi connectivity index (χ2v) is 9.91. The molecule has 2 rings (SSSR count). The molecule has 9 nitrogen and oxygen atoms in total. The normalized spacial score (nSPS) is 19.6. The Bertz CT molecular complexity index is 947. The molecule has 14 heteroatoms. The molecule has 0 bridgehead atoms. The van der Waals surface area contributed by atoms with Gasteiger partial charge >= 0.3 is 5.51 Å². The minimum atomic E-state index is -5.73. The molecular weight excluding hydrogens is 415 g/mol. The first-order valence-corrected chi connectivity index (χ1v) is 10.9. The molecule has 0 amide bonds. The van der Waals surface area contributed by atoms with Crippen molar-refractivity contribution in [3.63, 3.8) is 0 Å². The summed E-state index contributed by atoms with van der Waals surface area (Å²) in [6.07, 6.45) is 1.99. The van der Waals surface area contributed by atoms with Gasteiger partial charge in [-0.1, -0.05) is 0 Å². The lowest BCUT2D eigenvalue weighted by atomic mass is 10.1. The van der Waals surface area contributed by atoms with Crippen LogP contribution in [-0.4, -0.2) is 57.0 Å². The third kappa shape index (κ3) is 4.68. The summed E-state index contributed by atoms with van der Waals surface area (Å²) in [6.45, 7) is 0.320. The molecule has 0 radical (unpaired) electrons. The number of benzene rings is 1. The van der Waals surface area contributed by atoms with Crippen LogP contribution in [0.4, 0.5) is 24.5 Å². The minimum Gasteiger partial charge on any atom is -0.375 e. The number of hydrogen-bond donors (Lipinski definition) is 1. The van der Waals surface area contributed by atoms with E-state index in [9.17, 15) is 40.1 Å². The Kier molecular flexibility index (Phi) is 5.73. The second kappa shape index (κ2) is 7.24. The van der Waals surface area contributed by atoms with Crippen LogP contribution in [-0.2, 0) is 19.9 Å². The quantitative estimate of drug-likeness (QED) is 0.556. The highest BCUT2D eigenvalue weighted by molar-refractivity contribution is 7.92. The molecule has 27 heavy (non-hydrogen) atoms. The highest BCUT2D eigenvalue weighted by Crippen LogP contribution is 2.35. The van der Waals surface area contributed by atoms with Crippen molar-refractivity contribution in [3.8, 4) is 0 Å². The maximum atomic E-state index is 12.6. The van der Waals surface area contributed by atoms with Crippen molar-refractivity contribution in [2.75, 3.05) is 24.7 Å². The summed E-state index contributed by atoms with van der Waals surface area (Å²) < 4.78 is 85.2. The number of hydrogen-bond acceptors (Lipinski definition) is 7. The third-order valence-electron chi connectivity index (χ3n) is 3.99. The van der Waals surface area contributed by atoms with Gasteiger partial charge in [0.05, 0.1) is 16.1 Å². The number of halogens is 3. The van der Waals surface area contributed by atoms with E-state index < -0.39 is 46.9 Å². The summed E-state index contributed by atoms with van der Waals surface area (Å²) in [4.78, 5) is 8.95. The molecule has 152 valence electrons. The lowest BCUT2D eigenvalue weighted by molar-refractivity contribution is -0.384. The van der Waals surface area contributed by atoms with Crippen LogP contribution in [0.2, 0.25) is 0 Å².